The summed E-state index contributed by atoms with van der Waals surface area (Å²) < 4.78 is 27.4. The maximum absolute atomic E-state index is 10.2. The molecule has 0 aliphatic carbocycles. The average Bonchev–Trinajstić information content (AvgIpc) is 2.98. The van der Waals surface area contributed by atoms with Crippen LogP contribution in [0.25, 0.3) is 0 Å². The number of hydrogen-bond acceptors (Lipinski definition) is 8. The second-order valence-electron chi connectivity index (χ2n) is 5.40. The molecule has 2 aliphatic rings. The first kappa shape index (κ1) is 16.6. The normalized spacial score (nSPS) is 40.0. The molecule has 1 aromatic rings. The number of aliphatic hydroxyl groups excluding tert-OH is 3. The predicted octanol–water partition coefficient (Wildman–Crippen LogP) is -0.694. The van der Waals surface area contributed by atoms with Crippen LogP contribution in [0.2, 0.25) is 0 Å². The summed E-state index contributed by atoms with van der Waals surface area (Å²) in [7, 11) is 2.95. The molecular weight excluding hydrogens is 308 g/mol. The van der Waals surface area contributed by atoms with Gasteiger partial charge in [0.1, 0.15) is 30.2 Å². The number of rotatable bonds is 4. The summed E-state index contributed by atoms with van der Waals surface area (Å²) in [6, 6.07) is 6.83. The van der Waals surface area contributed by atoms with Gasteiger partial charge >= 0.3 is 5.97 Å². The Morgan fingerprint density at radius 2 is 1.78 bits per heavy atom. The van der Waals surface area contributed by atoms with Gasteiger partial charge in [0.2, 0.25) is 0 Å². The molecular formula is C15H20O8. The quantitative estimate of drug-likeness (QED) is 0.666. The van der Waals surface area contributed by atoms with E-state index in [4.69, 9.17) is 23.7 Å². The van der Waals surface area contributed by atoms with Gasteiger partial charge in [-0.15, -0.1) is 0 Å². The summed E-state index contributed by atoms with van der Waals surface area (Å²) in [6.45, 7) is -0.451. The van der Waals surface area contributed by atoms with Crippen LogP contribution in [0, 0.1) is 0 Å². The molecule has 0 saturated carbocycles. The van der Waals surface area contributed by atoms with Crippen LogP contribution in [-0.4, -0.2) is 66.9 Å². The molecule has 23 heavy (non-hydrogen) atoms. The summed E-state index contributed by atoms with van der Waals surface area (Å²) in [4.78, 5) is 0. The lowest BCUT2D eigenvalue weighted by atomic mass is 9.99. The highest BCUT2D eigenvalue weighted by molar-refractivity contribution is 5.29. The molecule has 8 nitrogen and oxygen atoms in total. The van der Waals surface area contributed by atoms with E-state index in [1.165, 1.54) is 7.11 Å². The van der Waals surface area contributed by atoms with Crippen LogP contribution in [0.15, 0.2) is 24.3 Å². The lowest BCUT2D eigenvalue weighted by Crippen LogP contribution is -2.57. The van der Waals surface area contributed by atoms with Crippen molar-refractivity contribution in [1.29, 1.82) is 0 Å². The van der Waals surface area contributed by atoms with Gasteiger partial charge in [-0.05, 0) is 24.3 Å². The molecule has 2 fully saturated rings. The topological polar surface area (TPSA) is 107 Å². The van der Waals surface area contributed by atoms with E-state index in [2.05, 4.69) is 0 Å². The lowest BCUT2D eigenvalue weighted by Gasteiger charge is -2.36. The first-order valence-electron chi connectivity index (χ1n) is 7.22. The van der Waals surface area contributed by atoms with Gasteiger partial charge < -0.3 is 34.3 Å². The Balaban J connectivity index is 1.87. The van der Waals surface area contributed by atoms with Crippen molar-refractivity contribution in [1.82, 2.24) is 0 Å². The van der Waals surface area contributed by atoms with Crippen LogP contribution in [0.4, 0.5) is 0 Å². The van der Waals surface area contributed by atoms with Crippen molar-refractivity contribution < 1.29 is 39.0 Å². The van der Waals surface area contributed by atoms with Crippen LogP contribution < -0.4 is 4.74 Å². The van der Waals surface area contributed by atoms with E-state index < -0.39 is 43.3 Å². The smallest absolute Gasteiger partial charge is 0.314 e. The summed E-state index contributed by atoms with van der Waals surface area (Å²) in [6.07, 6.45) is -5.45. The summed E-state index contributed by atoms with van der Waals surface area (Å²) >= 11 is 0. The van der Waals surface area contributed by atoms with E-state index in [0.717, 1.165) is 0 Å². The van der Waals surface area contributed by atoms with Gasteiger partial charge in [-0.1, -0.05) is 0 Å². The first-order valence-corrected chi connectivity index (χ1v) is 7.22. The molecule has 0 radical (unpaired) electrons. The maximum Gasteiger partial charge on any atom is 0.314 e. The lowest BCUT2D eigenvalue weighted by molar-refractivity contribution is -0.357. The maximum atomic E-state index is 10.2. The fourth-order valence-electron chi connectivity index (χ4n) is 2.78. The Morgan fingerprint density at radius 1 is 1.09 bits per heavy atom. The van der Waals surface area contributed by atoms with Gasteiger partial charge in [-0.25, -0.2) is 0 Å². The fourth-order valence-corrected chi connectivity index (χ4v) is 2.78. The molecule has 8 heteroatoms. The van der Waals surface area contributed by atoms with Crippen molar-refractivity contribution in [2.75, 3.05) is 20.8 Å². The molecule has 2 heterocycles. The third-order valence-electron chi connectivity index (χ3n) is 4.10. The molecule has 6 atom stereocenters. The van der Waals surface area contributed by atoms with E-state index >= 15 is 0 Å². The standard InChI is InChI=1S/C15H20O8/c1-19-9-5-3-8(4-6-9)15(20-2)22-13-12(18)11(17)10(7-16)21-14(13)23-15/h3-6,10-14,16-18H,7H2,1-2H3/t10-,11-,12+,13+,14+,15-/m1/s1. The van der Waals surface area contributed by atoms with Crippen LogP contribution in [0.1, 0.15) is 5.56 Å². The van der Waals surface area contributed by atoms with Crippen molar-refractivity contribution >= 4 is 0 Å². The SMILES string of the molecule is COc1ccc([C@]2(OC)O[C@@H]3O[C@H](CO)[C@@H](O)[C@H](O)[C@@H]3O2)cc1. The molecule has 3 rings (SSSR count). The van der Waals surface area contributed by atoms with Crippen LogP contribution in [-0.2, 0) is 24.9 Å². The summed E-state index contributed by atoms with van der Waals surface area (Å²) in [5, 5.41) is 29.3. The van der Waals surface area contributed by atoms with Gasteiger partial charge in [-0.3, -0.25) is 4.74 Å². The van der Waals surface area contributed by atoms with Gasteiger partial charge in [-0.2, -0.15) is 0 Å². The van der Waals surface area contributed by atoms with Gasteiger partial charge in [0.05, 0.1) is 13.7 Å². The second kappa shape index (κ2) is 6.33. The Morgan fingerprint density at radius 3 is 2.35 bits per heavy atom. The number of benzene rings is 1. The molecule has 3 N–H and O–H groups in total. The number of ether oxygens (including phenoxy) is 5. The average molecular weight is 328 g/mol. The van der Waals surface area contributed by atoms with Crippen LogP contribution in [0.3, 0.4) is 0 Å². The Bertz CT molecular complexity index is 535. The number of hydrogen-bond donors (Lipinski definition) is 3. The van der Waals surface area contributed by atoms with Gasteiger partial charge in [0.15, 0.2) is 6.29 Å². The molecule has 0 spiro atoms. The Labute approximate surface area is 133 Å². The van der Waals surface area contributed by atoms with Crippen molar-refractivity contribution in [3.8, 4) is 5.75 Å². The monoisotopic (exact) mass is 328 g/mol. The molecule has 0 aromatic heterocycles. The minimum absolute atomic E-state index is 0.451. The highest BCUT2D eigenvalue weighted by atomic mass is 16.9. The summed E-state index contributed by atoms with van der Waals surface area (Å²) in [5.74, 6) is -0.922. The predicted molar refractivity (Wildman–Crippen MR) is 75.4 cm³/mol. The Kier molecular flexibility index (Phi) is 4.56. The fraction of sp³-hybridized carbons (Fsp3) is 0.600. The molecule has 2 aliphatic heterocycles. The van der Waals surface area contributed by atoms with Crippen molar-refractivity contribution in [2.45, 2.75) is 36.7 Å². The number of aliphatic hydroxyl groups is 3. The minimum Gasteiger partial charge on any atom is -0.497 e. The number of fused-ring (bicyclic) bond motifs is 1. The largest absolute Gasteiger partial charge is 0.497 e. The van der Waals surface area contributed by atoms with E-state index in [1.54, 1.807) is 31.4 Å². The zero-order chi connectivity index (χ0) is 16.6. The van der Waals surface area contributed by atoms with E-state index in [1.807, 2.05) is 0 Å². The van der Waals surface area contributed by atoms with E-state index in [0.29, 0.717) is 11.3 Å². The third-order valence-corrected chi connectivity index (χ3v) is 4.10. The molecule has 0 bridgehead atoms. The molecule has 0 amide bonds. The molecule has 1 aromatic carbocycles. The zero-order valence-electron chi connectivity index (χ0n) is 12.8. The third kappa shape index (κ3) is 2.72. The number of methoxy groups -OCH3 is 2. The van der Waals surface area contributed by atoms with Crippen LogP contribution >= 0.6 is 0 Å². The van der Waals surface area contributed by atoms with E-state index in [-0.39, 0.29) is 0 Å². The van der Waals surface area contributed by atoms with Crippen molar-refractivity contribution in [2.24, 2.45) is 0 Å². The second-order valence-corrected chi connectivity index (χ2v) is 5.40. The zero-order valence-corrected chi connectivity index (χ0v) is 12.8. The molecule has 2 saturated heterocycles. The Hall–Kier alpha value is -1.26. The van der Waals surface area contributed by atoms with Gasteiger partial charge in [0.25, 0.3) is 0 Å². The molecule has 128 valence electrons. The van der Waals surface area contributed by atoms with Gasteiger partial charge in [0, 0.05) is 12.7 Å². The summed E-state index contributed by atoms with van der Waals surface area (Å²) in [5.41, 5.74) is 0.543. The molecule has 0 unspecified atom stereocenters. The minimum atomic E-state index is -1.58. The van der Waals surface area contributed by atoms with Crippen molar-refractivity contribution in [3.63, 3.8) is 0 Å². The van der Waals surface area contributed by atoms with Crippen LogP contribution in [0.5, 0.6) is 5.75 Å². The highest BCUT2D eigenvalue weighted by Crippen LogP contribution is 2.43. The first-order chi connectivity index (χ1) is 11.0. The highest BCUT2D eigenvalue weighted by Gasteiger charge is 2.58. The van der Waals surface area contributed by atoms with E-state index in [9.17, 15) is 15.3 Å². The van der Waals surface area contributed by atoms with Crippen molar-refractivity contribution in [3.05, 3.63) is 29.8 Å².